The number of nitrogens with one attached hydrogen (secondary N) is 2. The average molecular weight is 429 g/mol. The lowest BCUT2D eigenvalue weighted by Crippen LogP contribution is -2.19. The monoisotopic (exact) mass is 429 g/mol. The summed E-state index contributed by atoms with van der Waals surface area (Å²) in [5.41, 5.74) is 1.41. The Kier molecular flexibility index (Phi) is 4.91. The molecular weight excluding hydrogens is 410 g/mol. The van der Waals surface area contributed by atoms with E-state index in [4.69, 9.17) is 8.83 Å². The number of amides is 1. The average Bonchev–Trinajstić information content (AvgIpc) is 3.52. The molecule has 2 N–H and O–H groups in total. The molecule has 0 unspecified atom stereocenters. The minimum Gasteiger partial charge on any atom is -0.463 e. The molecule has 0 saturated carbocycles. The van der Waals surface area contributed by atoms with Crippen molar-refractivity contribution >= 4 is 22.7 Å². The number of para-hydroxylation sites is 1. The molecule has 5 aromatic rings. The van der Waals surface area contributed by atoms with Crippen LogP contribution in [0.3, 0.4) is 0 Å². The van der Waals surface area contributed by atoms with Crippen LogP contribution < -0.4 is 10.9 Å². The van der Waals surface area contributed by atoms with Crippen LogP contribution in [0.25, 0.3) is 28.4 Å². The molecule has 0 aliphatic carbocycles. The summed E-state index contributed by atoms with van der Waals surface area (Å²) >= 11 is 0. The fourth-order valence-corrected chi connectivity index (χ4v) is 3.43. The first-order chi connectivity index (χ1) is 15.6. The van der Waals surface area contributed by atoms with Crippen LogP contribution in [0.15, 0.2) is 74.5 Å². The van der Waals surface area contributed by atoms with Crippen LogP contribution in [-0.4, -0.2) is 25.7 Å². The van der Waals surface area contributed by atoms with E-state index in [1.807, 2.05) is 25.1 Å². The predicted molar refractivity (Wildman–Crippen MR) is 118 cm³/mol. The second-order valence-corrected chi connectivity index (χ2v) is 7.22. The Labute approximate surface area is 181 Å². The molecular formula is C23H19N5O4. The van der Waals surface area contributed by atoms with Crippen molar-refractivity contribution in [1.29, 1.82) is 0 Å². The standard InChI is InChI=1S/C23H19N5O4/c1-2-6-15-12-21(29)26-23(24-15)28-20(13-16(27-28)18-9-5-10-31-18)25-22(30)19-11-14-7-3-4-8-17(14)32-19/h3-5,7-13H,2,6H2,1H3,(H,25,30)(H,24,26,29). The zero-order valence-corrected chi connectivity index (χ0v) is 17.2. The normalized spacial score (nSPS) is 11.2. The Bertz CT molecular complexity index is 1430. The van der Waals surface area contributed by atoms with Gasteiger partial charge in [-0.1, -0.05) is 31.5 Å². The van der Waals surface area contributed by atoms with Crippen molar-refractivity contribution in [3.63, 3.8) is 0 Å². The molecule has 9 nitrogen and oxygen atoms in total. The molecule has 0 aliphatic rings. The number of furan rings is 2. The first-order valence-electron chi connectivity index (χ1n) is 10.1. The molecule has 4 heterocycles. The minimum absolute atomic E-state index is 0.152. The molecule has 0 saturated heterocycles. The van der Waals surface area contributed by atoms with Crippen molar-refractivity contribution in [2.75, 3.05) is 5.32 Å². The van der Waals surface area contributed by atoms with E-state index in [0.717, 1.165) is 11.8 Å². The number of carbonyl (C=O) groups is 1. The second kappa shape index (κ2) is 8.03. The molecule has 0 bridgehead atoms. The van der Waals surface area contributed by atoms with Crippen molar-refractivity contribution in [1.82, 2.24) is 19.7 Å². The number of hydrogen-bond acceptors (Lipinski definition) is 6. The maximum Gasteiger partial charge on any atom is 0.292 e. The van der Waals surface area contributed by atoms with E-state index in [1.165, 1.54) is 17.0 Å². The number of rotatable bonds is 6. The van der Waals surface area contributed by atoms with E-state index >= 15 is 0 Å². The van der Waals surface area contributed by atoms with Gasteiger partial charge in [-0.2, -0.15) is 9.78 Å². The van der Waals surface area contributed by atoms with Crippen molar-refractivity contribution in [3.8, 4) is 17.4 Å². The third-order valence-electron chi connectivity index (χ3n) is 4.86. The quantitative estimate of drug-likeness (QED) is 0.418. The van der Waals surface area contributed by atoms with E-state index < -0.39 is 5.91 Å². The summed E-state index contributed by atoms with van der Waals surface area (Å²) in [4.78, 5) is 32.3. The van der Waals surface area contributed by atoms with Gasteiger partial charge in [0, 0.05) is 23.2 Å². The Balaban J connectivity index is 1.56. The molecule has 0 aliphatic heterocycles. The second-order valence-electron chi connectivity index (χ2n) is 7.22. The van der Waals surface area contributed by atoms with Gasteiger partial charge in [-0.15, -0.1) is 0 Å². The molecule has 0 fully saturated rings. The van der Waals surface area contributed by atoms with Crippen LogP contribution in [0.1, 0.15) is 29.6 Å². The number of hydrogen-bond donors (Lipinski definition) is 2. The summed E-state index contributed by atoms with van der Waals surface area (Å²) in [6.45, 7) is 2.00. The summed E-state index contributed by atoms with van der Waals surface area (Å²) in [6, 6.07) is 15.6. The fraction of sp³-hybridized carbons (Fsp3) is 0.130. The van der Waals surface area contributed by atoms with Crippen LogP contribution in [0.2, 0.25) is 0 Å². The summed E-state index contributed by atoms with van der Waals surface area (Å²) in [5, 5.41) is 8.12. The Morgan fingerprint density at radius 3 is 2.81 bits per heavy atom. The number of H-pyrrole nitrogens is 1. The highest BCUT2D eigenvalue weighted by Gasteiger charge is 2.19. The van der Waals surface area contributed by atoms with Crippen molar-refractivity contribution < 1.29 is 13.6 Å². The SMILES string of the molecule is CCCc1cc(=O)[nH]c(-n2nc(-c3ccco3)cc2NC(=O)c2cc3ccccc3o2)n1. The fourth-order valence-electron chi connectivity index (χ4n) is 3.43. The van der Waals surface area contributed by atoms with Crippen molar-refractivity contribution in [2.45, 2.75) is 19.8 Å². The highest BCUT2D eigenvalue weighted by molar-refractivity contribution is 6.04. The molecule has 5 rings (SSSR count). The Morgan fingerprint density at radius 1 is 1.16 bits per heavy atom. The van der Waals surface area contributed by atoms with E-state index in [-0.39, 0.29) is 17.3 Å². The van der Waals surface area contributed by atoms with Gasteiger partial charge in [-0.05, 0) is 30.7 Å². The Morgan fingerprint density at radius 2 is 2.03 bits per heavy atom. The molecule has 1 amide bonds. The smallest absolute Gasteiger partial charge is 0.292 e. The van der Waals surface area contributed by atoms with Gasteiger partial charge in [-0.25, -0.2) is 4.98 Å². The van der Waals surface area contributed by atoms with E-state index in [1.54, 1.807) is 30.3 Å². The zero-order chi connectivity index (χ0) is 22.1. The highest BCUT2D eigenvalue weighted by atomic mass is 16.3. The molecule has 1 aromatic carbocycles. The van der Waals surface area contributed by atoms with Crippen LogP contribution >= 0.6 is 0 Å². The summed E-state index contributed by atoms with van der Waals surface area (Å²) in [5.74, 6) is 0.701. The number of aromatic nitrogens is 4. The van der Waals surface area contributed by atoms with Gasteiger partial charge < -0.3 is 14.2 Å². The van der Waals surface area contributed by atoms with Gasteiger partial charge in [0.15, 0.2) is 11.5 Å². The third kappa shape index (κ3) is 3.71. The largest absolute Gasteiger partial charge is 0.463 e. The topological polar surface area (TPSA) is 119 Å². The Hall–Kier alpha value is -4.40. The maximum atomic E-state index is 12.9. The lowest BCUT2D eigenvalue weighted by Gasteiger charge is -2.08. The van der Waals surface area contributed by atoms with Crippen LogP contribution in [-0.2, 0) is 6.42 Å². The molecule has 0 radical (unpaired) electrons. The molecule has 9 heteroatoms. The number of aryl methyl sites for hydroxylation is 1. The molecule has 32 heavy (non-hydrogen) atoms. The van der Waals surface area contributed by atoms with Crippen molar-refractivity contribution in [3.05, 3.63) is 82.7 Å². The van der Waals surface area contributed by atoms with Gasteiger partial charge in [0.25, 0.3) is 11.5 Å². The number of fused-ring (bicyclic) bond motifs is 1. The predicted octanol–water partition coefficient (Wildman–Crippen LogP) is 4.17. The van der Waals surface area contributed by atoms with Crippen molar-refractivity contribution in [2.24, 2.45) is 0 Å². The van der Waals surface area contributed by atoms with Crippen LogP contribution in [0.4, 0.5) is 5.82 Å². The summed E-state index contributed by atoms with van der Waals surface area (Å²) < 4.78 is 12.5. The molecule has 4 aromatic heterocycles. The van der Waals surface area contributed by atoms with E-state index in [2.05, 4.69) is 20.4 Å². The van der Waals surface area contributed by atoms with Crippen LogP contribution in [0.5, 0.6) is 0 Å². The number of anilines is 1. The minimum atomic E-state index is -0.458. The zero-order valence-electron chi connectivity index (χ0n) is 17.2. The molecule has 160 valence electrons. The van der Waals surface area contributed by atoms with Gasteiger partial charge in [-0.3, -0.25) is 14.6 Å². The first kappa shape index (κ1) is 19.6. The number of nitrogens with zero attached hydrogens (tertiary/aromatic N) is 3. The summed E-state index contributed by atoms with van der Waals surface area (Å²) in [7, 11) is 0. The lowest BCUT2D eigenvalue weighted by atomic mass is 10.2. The van der Waals surface area contributed by atoms with Crippen LogP contribution in [0, 0.1) is 0 Å². The van der Waals surface area contributed by atoms with Gasteiger partial charge in [0.1, 0.15) is 17.1 Å². The number of benzene rings is 1. The van der Waals surface area contributed by atoms with E-state index in [0.29, 0.717) is 35.0 Å². The summed E-state index contributed by atoms with van der Waals surface area (Å²) in [6.07, 6.45) is 3.01. The van der Waals surface area contributed by atoms with Gasteiger partial charge >= 0.3 is 0 Å². The maximum absolute atomic E-state index is 12.9. The van der Waals surface area contributed by atoms with E-state index in [9.17, 15) is 9.59 Å². The molecule has 0 spiro atoms. The number of carbonyl (C=O) groups excluding carboxylic acids is 1. The molecule has 0 atom stereocenters. The lowest BCUT2D eigenvalue weighted by molar-refractivity contribution is 0.0998. The third-order valence-corrected chi connectivity index (χ3v) is 4.86. The first-order valence-corrected chi connectivity index (χ1v) is 10.1. The highest BCUT2D eigenvalue weighted by Crippen LogP contribution is 2.25. The van der Waals surface area contributed by atoms with Gasteiger partial charge in [0.05, 0.1) is 6.26 Å². The number of aromatic amines is 1. The van der Waals surface area contributed by atoms with Gasteiger partial charge in [0.2, 0.25) is 5.95 Å².